The van der Waals surface area contributed by atoms with Gasteiger partial charge in [-0.1, -0.05) is 0 Å². The second-order valence-corrected chi connectivity index (χ2v) is 5.80. The Morgan fingerprint density at radius 1 is 1.08 bits per heavy atom. The maximum absolute atomic E-state index is 12.7. The average molecular weight is 350 g/mol. The van der Waals surface area contributed by atoms with Gasteiger partial charge in [-0.3, -0.25) is 9.59 Å². The van der Waals surface area contributed by atoms with Gasteiger partial charge in [0, 0.05) is 30.5 Å². The van der Waals surface area contributed by atoms with Gasteiger partial charge in [-0.25, -0.2) is 4.39 Å². The molecule has 0 fully saturated rings. The average Bonchev–Trinajstić information content (AvgIpc) is 3.11. The maximum atomic E-state index is 12.7. The van der Waals surface area contributed by atoms with Crippen LogP contribution in [0.5, 0.6) is 5.75 Å². The molecule has 1 heterocycles. The third kappa shape index (κ3) is 6.37. The van der Waals surface area contributed by atoms with Gasteiger partial charge in [0.25, 0.3) is 5.91 Å². The Bertz CT molecular complexity index is 644. The summed E-state index contributed by atoms with van der Waals surface area (Å²) in [6.07, 6.45) is 0.874. The zero-order valence-corrected chi connectivity index (χ0v) is 13.9. The van der Waals surface area contributed by atoms with Crippen molar-refractivity contribution in [3.8, 4) is 5.75 Å². The molecule has 1 aromatic heterocycles. The first-order chi connectivity index (χ1) is 11.6. The van der Waals surface area contributed by atoms with Gasteiger partial charge < -0.3 is 15.4 Å². The molecule has 2 rings (SSSR count). The van der Waals surface area contributed by atoms with E-state index in [1.165, 1.54) is 23.5 Å². The molecule has 0 aliphatic heterocycles. The molecule has 0 saturated heterocycles. The number of amides is 2. The van der Waals surface area contributed by atoms with Crippen LogP contribution in [0.3, 0.4) is 0 Å². The SMILES string of the molecule is O=C(CCNC(=O)c1ccsc1)NCCCOc1ccc(F)cc1. The monoisotopic (exact) mass is 350 g/mol. The standard InChI is InChI=1S/C17H19FN2O3S/c18-14-2-4-15(5-3-14)23-10-1-8-19-16(21)6-9-20-17(22)13-7-11-24-12-13/h2-5,7,11-12H,1,6,8-10H2,(H,19,21)(H,20,22). The lowest BCUT2D eigenvalue weighted by Crippen LogP contribution is -2.31. The molecular formula is C17H19FN2O3S. The fourth-order valence-electron chi connectivity index (χ4n) is 1.89. The Morgan fingerprint density at radius 3 is 2.58 bits per heavy atom. The summed E-state index contributed by atoms with van der Waals surface area (Å²) in [7, 11) is 0. The van der Waals surface area contributed by atoms with E-state index < -0.39 is 0 Å². The van der Waals surface area contributed by atoms with Crippen molar-refractivity contribution < 1.29 is 18.7 Å². The predicted octanol–water partition coefficient (Wildman–Crippen LogP) is 2.59. The van der Waals surface area contributed by atoms with Crippen LogP contribution in [0, 0.1) is 5.82 Å². The summed E-state index contributed by atoms with van der Waals surface area (Å²) >= 11 is 1.45. The maximum Gasteiger partial charge on any atom is 0.252 e. The Morgan fingerprint density at radius 2 is 1.88 bits per heavy atom. The lowest BCUT2D eigenvalue weighted by molar-refractivity contribution is -0.120. The lowest BCUT2D eigenvalue weighted by Gasteiger charge is -2.08. The molecule has 0 aliphatic rings. The van der Waals surface area contributed by atoms with E-state index >= 15 is 0 Å². The van der Waals surface area contributed by atoms with Crippen LogP contribution in [0.25, 0.3) is 0 Å². The van der Waals surface area contributed by atoms with E-state index in [1.807, 2.05) is 5.38 Å². The summed E-state index contributed by atoms with van der Waals surface area (Å²) in [5, 5.41) is 9.04. The van der Waals surface area contributed by atoms with Crippen LogP contribution in [0.15, 0.2) is 41.1 Å². The Labute approximate surface area is 143 Å². The summed E-state index contributed by atoms with van der Waals surface area (Å²) in [5.74, 6) is -0.00118. The molecule has 0 bridgehead atoms. The lowest BCUT2D eigenvalue weighted by atomic mass is 10.3. The zero-order valence-electron chi connectivity index (χ0n) is 13.1. The van der Waals surface area contributed by atoms with Crippen molar-refractivity contribution in [1.29, 1.82) is 0 Å². The highest BCUT2D eigenvalue weighted by atomic mass is 32.1. The van der Waals surface area contributed by atoms with Gasteiger partial charge in [-0.2, -0.15) is 11.3 Å². The van der Waals surface area contributed by atoms with Crippen LogP contribution in [0.1, 0.15) is 23.2 Å². The molecule has 0 aliphatic carbocycles. The first-order valence-corrected chi connectivity index (χ1v) is 8.55. The summed E-state index contributed by atoms with van der Waals surface area (Å²) < 4.78 is 18.1. The van der Waals surface area contributed by atoms with E-state index in [0.29, 0.717) is 37.4 Å². The number of benzene rings is 1. The van der Waals surface area contributed by atoms with E-state index in [0.717, 1.165) is 0 Å². The van der Waals surface area contributed by atoms with E-state index in [9.17, 15) is 14.0 Å². The number of halogens is 1. The quantitative estimate of drug-likeness (QED) is 0.683. The molecule has 0 atom stereocenters. The highest BCUT2D eigenvalue weighted by molar-refractivity contribution is 7.08. The molecule has 0 spiro atoms. The van der Waals surface area contributed by atoms with Crippen molar-refractivity contribution in [1.82, 2.24) is 10.6 Å². The number of ether oxygens (including phenoxy) is 1. The molecule has 24 heavy (non-hydrogen) atoms. The van der Waals surface area contributed by atoms with Crippen molar-refractivity contribution in [2.45, 2.75) is 12.8 Å². The Hall–Kier alpha value is -2.41. The van der Waals surface area contributed by atoms with Crippen molar-refractivity contribution in [2.75, 3.05) is 19.7 Å². The molecule has 5 nitrogen and oxygen atoms in total. The van der Waals surface area contributed by atoms with Gasteiger partial charge >= 0.3 is 0 Å². The molecule has 0 unspecified atom stereocenters. The smallest absolute Gasteiger partial charge is 0.252 e. The molecule has 2 amide bonds. The number of thiophene rings is 1. The number of hydrogen-bond donors (Lipinski definition) is 2. The molecule has 2 N–H and O–H groups in total. The topological polar surface area (TPSA) is 67.4 Å². The molecule has 0 radical (unpaired) electrons. The van der Waals surface area contributed by atoms with Gasteiger partial charge in [-0.15, -0.1) is 0 Å². The number of carbonyl (C=O) groups is 2. The van der Waals surface area contributed by atoms with Crippen LogP contribution in [-0.2, 0) is 4.79 Å². The Balaban J connectivity index is 1.50. The third-order valence-electron chi connectivity index (χ3n) is 3.15. The van der Waals surface area contributed by atoms with Gasteiger partial charge in [0.05, 0.1) is 6.61 Å². The molecule has 7 heteroatoms. The van der Waals surface area contributed by atoms with Crippen LogP contribution in [0.2, 0.25) is 0 Å². The largest absolute Gasteiger partial charge is 0.494 e. The molecular weight excluding hydrogens is 331 g/mol. The van der Waals surface area contributed by atoms with E-state index in [2.05, 4.69) is 10.6 Å². The minimum Gasteiger partial charge on any atom is -0.494 e. The summed E-state index contributed by atoms with van der Waals surface area (Å²) in [6, 6.07) is 7.53. The fraction of sp³-hybridized carbons (Fsp3) is 0.294. The number of carbonyl (C=O) groups excluding carboxylic acids is 2. The van der Waals surface area contributed by atoms with Crippen molar-refractivity contribution in [3.05, 3.63) is 52.5 Å². The van der Waals surface area contributed by atoms with E-state index in [4.69, 9.17) is 4.74 Å². The van der Waals surface area contributed by atoms with Gasteiger partial charge in [0.15, 0.2) is 0 Å². The molecule has 128 valence electrons. The van der Waals surface area contributed by atoms with Gasteiger partial charge in [0.2, 0.25) is 5.91 Å². The minimum atomic E-state index is -0.305. The third-order valence-corrected chi connectivity index (χ3v) is 3.83. The van der Waals surface area contributed by atoms with Crippen LogP contribution < -0.4 is 15.4 Å². The predicted molar refractivity (Wildman–Crippen MR) is 90.8 cm³/mol. The summed E-state index contributed by atoms with van der Waals surface area (Å²) in [6.45, 7) is 1.21. The van der Waals surface area contributed by atoms with Crippen LogP contribution in [0.4, 0.5) is 4.39 Å². The molecule has 0 saturated carbocycles. The Kier molecular flexibility index (Phi) is 7.22. The van der Waals surface area contributed by atoms with Crippen LogP contribution >= 0.6 is 11.3 Å². The molecule has 2 aromatic rings. The van der Waals surface area contributed by atoms with Gasteiger partial charge in [-0.05, 0) is 42.1 Å². The second-order valence-electron chi connectivity index (χ2n) is 5.02. The number of nitrogens with one attached hydrogen (secondary N) is 2. The van der Waals surface area contributed by atoms with Crippen LogP contribution in [-0.4, -0.2) is 31.5 Å². The van der Waals surface area contributed by atoms with Crippen molar-refractivity contribution >= 4 is 23.2 Å². The number of hydrogen-bond acceptors (Lipinski definition) is 4. The minimum absolute atomic E-state index is 0.123. The van der Waals surface area contributed by atoms with E-state index in [1.54, 1.807) is 23.6 Å². The first kappa shape index (κ1) is 17.9. The summed E-state index contributed by atoms with van der Waals surface area (Å²) in [5.41, 5.74) is 0.610. The summed E-state index contributed by atoms with van der Waals surface area (Å²) in [4.78, 5) is 23.3. The van der Waals surface area contributed by atoms with Crippen molar-refractivity contribution in [3.63, 3.8) is 0 Å². The van der Waals surface area contributed by atoms with Crippen molar-refractivity contribution in [2.24, 2.45) is 0 Å². The number of rotatable bonds is 9. The highest BCUT2D eigenvalue weighted by Crippen LogP contribution is 2.10. The normalized spacial score (nSPS) is 10.2. The second kappa shape index (κ2) is 9.67. The van der Waals surface area contributed by atoms with E-state index in [-0.39, 0.29) is 24.1 Å². The first-order valence-electron chi connectivity index (χ1n) is 7.60. The van der Waals surface area contributed by atoms with Gasteiger partial charge in [0.1, 0.15) is 11.6 Å². The highest BCUT2D eigenvalue weighted by Gasteiger charge is 2.06. The molecule has 1 aromatic carbocycles. The fourth-order valence-corrected chi connectivity index (χ4v) is 2.53. The zero-order chi connectivity index (χ0) is 17.2.